The molecule has 1 aromatic carbocycles. The van der Waals surface area contributed by atoms with Gasteiger partial charge in [0.25, 0.3) is 0 Å². The van der Waals surface area contributed by atoms with Gasteiger partial charge in [-0.2, -0.15) is 0 Å². The summed E-state index contributed by atoms with van der Waals surface area (Å²) in [4.78, 5) is 54.3. The van der Waals surface area contributed by atoms with Crippen LogP contribution in [0.2, 0.25) is 0 Å². The van der Waals surface area contributed by atoms with Gasteiger partial charge in [0.1, 0.15) is 0 Å². The van der Waals surface area contributed by atoms with Crippen LogP contribution in [0.25, 0.3) is 0 Å². The van der Waals surface area contributed by atoms with Gasteiger partial charge in [0.05, 0.1) is 22.7 Å². The van der Waals surface area contributed by atoms with E-state index in [2.05, 4.69) is 49.0 Å². The number of unbranched alkanes of at least 4 members (excludes halogenated alkanes) is 44. The van der Waals surface area contributed by atoms with Gasteiger partial charge in [-0.25, -0.2) is 0 Å². The molecule has 0 atom stereocenters. The lowest BCUT2D eigenvalue weighted by atomic mass is 10.0. The predicted octanol–water partition coefficient (Wildman–Crippen LogP) is 21.8. The summed E-state index contributed by atoms with van der Waals surface area (Å²) in [5.74, 6) is -0.422. The van der Waals surface area contributed by atoms with E-state index >= 15 is 0 Å². The molecule has 4 N–H and O–H groups in total. The van der Waals surface area contributed by atoms with Crippen molar-refractivity contribution in [3.05, 3.63) is 12.1 Å². The third-order valence-corrected chi connectivity index (χ3v) is 15.3. The lowest BCUT2D eigenvalue weighted by Crippen LogP contribution is -2.20. The Bertz CT molecular complexity index is 1250. The van der Waals surface area contributed by atoms with Gasteiger partial charge < -0.3 is 21.3 Å². The Balaban J connectivity index is 3.00. The van der Waals surface area contributed by atoms with Crippen molar-refractivity contribution in [1.82, 2.24) is 0 Å². The van der Waals surface area contributed by atoms with Gasteiger partial charge in [-0.15, -0.1) is 0 Å². The number of benzene rings is 1. The van der Waals surface area contributed by atoms with Gasteiger partial charge in [0, 0.05) is 25.7 Å². The molecule has 0 saturated heterocycles. The van der Waals surface area contributed by atoms with E-state index in [0.717, 1.165) is 77.0 Å². The largest absolute Gasteiger partial charge is 0.324 e. The fourth-order valence-corrected chi connectivity index (χ4v) is 10.4. The highest BCUT2D eigenvalue weighted by Gasteiger charge is 2.18. The van der Waals surface area contributed by atoms with Crippen molar-refractivity contribution >= 4 is 46.4 Å². The maximum Gasteiger partial charge on any atom is 0.224 e. The Kier molecular flexibility index (Phi) is 50.0. The van der Waals surface area contributed by atoms with Gasteiger partial charge in [-0.3, -0.25) is 19.2 Å². The highest BCUT2D eigenvalue weighted by atomic mass is 16.2. The zero-order valence-electron chi connectivity index (χ0n) is 49.6. The fourth-order valence-electron chi connectivity index (χ4n) is 10.4. The van der Waals surface area contributed by atoms with Crippen LogP contribution in [0.3, 0.4) is 0 Å². The van der Waals surface area contributed by atoms with Crippen LogP contribution in [-0.2, 0) is 19.2 Å². The van der Waals surface area contributed by atoms with E-state index in [9.17, 15) is 19.2 Å². The summed E-state index contributed by atoms with van der Waals surface area (Å²) in [6.45, 7) is 9.06. The zero-order chi connectivity index (χ0) is 53.6. The summed E-state index contributed by atoms with van der Waals surface area (Å²) in [5, 5.41) is 12.5. The first-order chi connectivity index (χ1) is 36.3. The molecule has 1 rings (SSSR count). The Morgan fingerprint density at radius 2 is 0.338 bits per heavy atom. The van der Waals surface area contributed by atoms with Crippen LogP contribution in [0, 0.1) is 0 Å². The molecule has 430 valence electrons. The molecule has 0 bridgehead atoms. The van der Waals surface area contributed by atoms with E-state index in [1.165, 1.54) is 231 Å². The van der Waals surface area contributed by atoms with Crippen LogP contribution >= 0.6 is 0 Å². The van der Waals surface area contributed by atoms with Crippen LogP contribution in [0.5, 0.6) is 0 Å². The topological polar surface area (TPSA) is 116 Å². The number of hydrogen-bond donors (Lipinski definition) is 4. The summed E-state index contributed by atoms with van der Waals surface area (Å²) in [5.41, 5.74) is 1.82. The maximum atomic E-state index is 13.6. The third-order valence-electron chi connectivity index (χ3n) is 15.3. The molecule has 0 heterocycles. The van der Waals surface area contributed by atoms with Crippen LogP contribution in [0.15, 0.2) is 12.1 Å². The first-order valence-corrected chi connectivity index (χ1v) is 32.7. The van der Waals surface area contributed by atoms with Crippen molar-refractivity contribution in [3.63, 3.8) is 0 Å². The first-order valence-electron chi connectivity index (χ1n) is 32.7. The molecule has 0 spiro atoms. The SMILES string of the molecule is CCCCCCCCCCCCCCC(=O)Nc1cc(NC(=O)CCCCCCCCCCCCCC)c(NC(=O)CCCCCCCCCCCCCC)cc1NC(=O)CCCCCCCCCCCCCC. The minimum absolute atomic E-state index is 0.105. The van der Waals surface area contributed by atoms with Crippen molar-refractivity contribution in [2.45, 2.75) is 362 Å². The first kappa shape index (κ1) is 69.1. The molecule has 0 saturated carbocycles. The van der Waals surface area contributed by atoms with E-state index in [0.29, 0.717) is 48.4 Å². The summed E-state index contributed by atoms with van der Waals surface area (Å²) in [6, 6.07) is 3.50. The quantitative estimate of drug-likeness (QED) is 0.0486. The molecular formula is C66H122N4O4. The standard InChI is InChI=1S/C66H122N4O4/c1-5-9-13-17-21-25-29-33-37-41-45-49-53-63(71)67-59-57-61(69-65(73)55-51-47-43-39-35-31-27-23-19-15-11-7-3)62(70-66(74)56-52-48-44-40-36-32-28-24-20-16-12-8-4)58-60(59)68-64(72)54-50-46-42-38-34-30-26-22-18-14-10-6-2/h57-58H,5-56H2,1-4H3,(H,67,71)(H,68,72)(H,69,73)(H,70,74). The number of carbonyl (C=O) groups excluding carboxylic acids is 4. The predicted molar refractivity (Wildman–Crippen MR) is 324 cm³/mol. The van der Waals surface area contributed by atoms with Crippen LogP contribution in [0.1, 0.15) is 362 Å². The molecule has 0 aliphatic rings. The van der Waals surface area contributed by atoms with Crippen LogP contribution in [0.4, 0.5) is 22.7 Å². The van der Waals surface area contributed by atoms with Crippen LogP contribution < -0.4 is 21.3 Å². The average molecular weight is 1040 g/mol. The molecule has 0 aliphatic carbocycles. The molecular weight excluding hydrogens is 913 g/mol. The summed E-state index contributed by atoms with van der Waals surface area (Å²) < 4.78 is 0. The van der Waals surface area contributed by atoms with E-state index in [1.807, 2.05) is 0 Å². The second-order valence-corrected chi connectivity index (χ2v) is 22.7. The highest BCUT2D eigenvalue weighted by Crippen LogP contribution is 2.35. The number of carbonyl (C=O) groups is 4. The number of amides is 4. The second kappa shape index (κ2) is 53.5. The number of nitrogens with one attached hydrogen (secondary N) is 4. The second-order valence-electron chi connectivity index (χ2n) is 22.7. The minimum atomic E-state index is -0.105. The molecule has 74 heavy (non-hydrogen) atoms. The smallest absolute Gasteiger partial charge is 0.224 e. The number of hydrogen-bond acceptors (Lipinski definition) is 4. The van der Waals surface area contributed by atoms with E-state index in [4.69, 9.17) is 0 Å². The maximum absolute atomic E-state index is 13.6. The molecule has 0 aromatic heterocycles. The highest BCUT2D eigenvalue weighted by molar-refractivity contribution is 6.06. The van der Waals surface area contributed by atoms with E-state index in [-0.39, 0.29) is 23.6 Å². The Labute approximate surface area is 458 Å². The Hall–Kier alpha value is -2.90. The molecule has 8 heteroatoms. The lowest BCUT2D eigenvalue weighted by Gasteiger charge is -2.19. The van der Waals surface area contributed by atoms with Gasteiger partial charge in [-0.05, 0) is 37.8 Å². The van der Waals surface area contributed by atoms with Crippen molar-refractivity contribution in [1.29, 1.82) is 0 Å². The normalized spacial score (nSPS) is 11.3. The van der Waals surface area contributed by atoms with Crippen LogP contribution in [-0.4, -0.2) is 23.6 Å². The molecule has 0 unspecified atom stereocenters. The van der Waals surface area contributed by atoms with Gasteiger partial charge in [-0.1, -0.05) is 310 Å². The molecule has 4 amide bonds. The van der Waals surface area contributed by atoms with Gasteiger partial charge in [0.2, 0.25) is 23.6 Å². The van der Waals surface area contributed by atoms with Crippen molar-refractivity contribution in [2.24, 2.45) is 0 Å². The lowest BCUT2D eigenvalue weighted by molar-refractivity contribution is -0.117. The van der Waals surface area contributed by atoms with E-state index in [1.54, 1.807) is 12.1 Å². The monoisotopic (exact) mass is 1030 g/mol. The molecule has 0 fully saturated rings. The van der Waals surface area contributed by atoms with Gasteiger partial charge in [0.15, 0.2) is 0 Å². The van der Waals surface area contributed by atoms with Gasteiger partial charge >= 0.3 is 0 Å². The molecule has 0 aliphatic heterocycles. The van der Waals surface area contributed by atoms with Crippen molar-refractivity contribution in [3.8, 4) is 0 Å². The molecule has 8 nitrogen and oxygen atoms in total. The Morgan fingerprint density at radius 3 is 0.473 bits per heavy atom. The molecule has 0 radical (unpaired) electrons. The summed E-state index contributed by atoms with van der Waals surface area (Å²) in [7, 11) is 0. The third kappa shape index (κ3) is 44.2. The number of rotatable bonds is 56. The van der Waals surface area contributed by atoms with E-state index < -0.39 is 0 Å². The zero-order valence-corrected chi connectivity index (χ0v) is 49.6. The van der Waals surface area contributed by atoms with Crippen molar-refractivity contribution < 1.29 is 19.2 Å². The Morgan fingerprint density at radius 1 is 0.216 bits per heavy atom. The molecule has 1 aromatic rings. The van der Waals surface area contributed by atoms with Crippen molar-refractivity contribution in [2.75, 3.05) is 21.3 Å². The number of anilines is 4. The minimum Gasteiger partial charge on any atom is -0.324 e. The average Bonchev–Trinajstić information content (AvgIpc) is 3.38. The summed E-state index contributed by atoms with van der Waals surface area (Å²) >= 11 is 0. The fraction of sp³-hybridized carbons (Fsp3) is 0.848. The summed E-state index contributed by atoms with van der Waals surface area (Å²) in [6.07, 6.45) is 60.6.